The van der Waals surface area contributed by atoms with E-state index in [1.54, 1.807) is 7.11 Å². The minimum atomic E-state index is 0.423. The van der Waals surface area contributed by atoms with E-state index in [1.807, 2.05) is 0 Å². The molecule has 78 valence electrons. The van der Waals surface area contributed by atoms with E-state index in [0.717, 1.165) is 6.61 Å². The summed E-state index contributed by atoms with van der Waals surface area (Å²) in [7, 11) is 1.78. The van der Waals surface area contributed by atoms with Gasteiger partial charge in [-0.2, -0.15) is 0 Å². The Morgan fingerprint density at radius 2 is 2.15 bits per heavy atom. The van der Waals surface area contributed by atoms with Gasteiger partial charge in [0.05, 0.1) is 0 Å². The average molecular weight is 185 g/mol. The maximum absolute atomic E-state index is 5.04. The third-order valence-electron chi connectivity index (χ3n) is 3.03. The van der Waals surface area contributed by atoms with Crippen molar-refractivity contribution in [2.45, 2.75) is 51.0 Å². The summed E-state index contributed by atoms with van der Waals surface area (Å²) in [5.74, 6) is 0. The maximum Gasteiger partial charge on any atom is 0.0462 e. The normalized spacial score (nSPS) is 29.1. The first-order valence-electron chi connectivity index (χ1n) is 5.51. The van der Waals surface area contributed by atoms with Crippen LogP contribution in [0.25, 0.3) is 0 Å². The van der Waals surface area contributed by atoms with Crippen molar-refractivity contribution in [3.63, 3.8) is 0 Å². The third kappa shape index (κ3) is 4.10. The van der Waals surface area contributed by atoms with Crippen molar-refractivity contribution in [2.24, 2.45) is 0 Å². The van der Waals surface area contributed by atoms with Gasteiger partial charge in [0.15, 0.2) is 0 Å². The van der Waals surface area contributed by atoms with Gasteiger partial charge in [-0.3, -0.25) is 0 Å². The topological polar surface area (TPSA) is 21.3 Å². The lowest BCUT2D eigenvalue weighted by Gasteiger charge is -2.35. The Labute approximate surface area is 82.0 Å². The Morgan fingerprint density at radius 1 is 1.31 bits per heavy atom. The number of nitrogens with one attached hydrogen (secondary N) is 1. The second-order valence-electron chi connectivity index (χ2n) is 4.39. The highest BCUT2D eigenvalue weighted by Crippen LogP contribution is 2.24. The molecule has 1 heterocycles. The Kier molecular flexibility index (Phi) is 4.74. The predicted molar refractivity (Wildman–Crippen MR) is 56.0 cm³/mol. The zero-order chi connectivity index (χ0) is 9.57. The van der Waals surface area contributed by atoms with Crippen LogP contribution in [-0.2, 0) is 4.74 Å². The molecule has 0 spiro atoms. The minimum absolute atomic E-state index is 0.423. The average Bonchev–Trinajstić information content (AvgIpc) is 2.14. The molecule has 1 saturated heterocycles. The molecule has 0 bridgehead atoms. The summed E-state index contributed by atoms with van der Waals surface area (Å²) in [6.07, 6.45) is 7.89. The highest BCUT2D eigenvalue weighted by atomic mass is 16.5. The maximum atomic E-state index is 5.04. The van der Waals surface area contributed by atoms with E-state index in [9.17, 15) is 0 Å². The van der Waals surface area contributed by atoms with Gasteiger partial charge in [-0.15, -0.1) is 0 Å². The molecule has 1 aliphatic heterocycles. The van der Waals surface area contributed by atoms with E-state index in [2.05, 4.69) is 12.2 Å². The molecule has 0 radical (unpaired) electrons. The van der Waals surface area contributed by atoms with Crippen LogP contribution in [0, 0.1) is 0 Å². The predicted octanol–water partition coefficient (Wildman–Crippen LogP) is 2.34. The van der Waals surface area contributed by atoms with Gasteiger partial charge in [0.25, 0.3) is 0 Å². The molecule has 1 fully saturated rings. The summed E-state index contributed by atoms with van der Waals surface area (Å²) >= 11 is 0. The summed E-state index contributed by atoms with van der Waals surface area (Å²) in [6.45, 7) is 4.48. The summed E-state index contributed by atoms with van der Waals surface area (Å²) < 4.78 is 5.04. The SMILES string of the molecule is COCCCCC1(C)CCCCN1. The van der Waals surface area contributed by atoms with Gasteiger partial charge < -0.3 is 10.1 Å². The molecule has 0 aromatic carbocycles. The number of hydrogen-bond donors (Lipinski definition) is 1. The van der Waals surface area contributed by atoms with Crippen LogP contribution in [-0.4, -0.2) is 25.8 Å². The van der Waals surface area contributed by atoms with Gasteiger partial charge in [-0.05, 0) is 45.6 Å². The smallest absolute Gasteiger partial charge is 0.0462 e. The number of methoxy groups -OCH3 is 1. The molecule has 0 aromatic heterocycles. The molecule has 0 saturated carbocycles. The molecule has 2 heteroatoms. The Hall–Kier alpha value is -0.0800. The molecular formula is C11H23NO. The lowest BCUT2D eigenvalue weighted by Crippen LogP contribution is -2.45. The fourth-order valence-electron chi connectivity index (χ4n) is 2.09. The van der Waals surface area contributed by atoms with E-state index >= 15 is 0 Å². The molecule has 1 aliphatic rings. The van der Waals surface area contributed by atoms with Crippen LogP contribution in [0.5, 0.6) is 0 Å². The Morgan fingerprint density at radius 3 is 2.77 bits per heavy atom. The number of piperidine rings is 1. The van der Waals surface area contributed by atoms with Crippen molar-refractivity contribution in [3.8, 4) is 0 Å². The summed E-state index contributed by atoms with van der Waals surface area (Å²) in [5, 5.41) is 3.63. The van der Waals surface area contributed by atoms with Crippen LogP contribution in [0.1, 0.15) is 45.4 Å². The van der Waals surface area contributed by atoms with Crippen molar-refractivity contribution in [1.29, 1.82) is 0 Å². The zero-order valence-corrected chi connectivity index (χ0v) is 9.07. The molecule has 0 aromatic rings. The molecule has 1 unspecified atom stereocenters. The van der Waals surface area contributed by atoms with Crippen molar-refractivity contribution in [3.05, 3.63) is 0 Å². The molecule has 0 aliphatic carbocycles. The molecular weight excluding hydrogens is 162 g/mol. The van der Waals surface area contributed by atoms with Crippen molar-refractivity contribution < 1.29 is 4.74 Å². The van der Waals surface area contributed by atoms with Crippen LogP contribution >= 0.6 is 0 Å². The van der Waals surface area contributed by atoms with E-state index in [0.29, 0.717) is 5.54 Å². The molecule has 13 heavy (non-hydrogen) atoms. The van der Waals surface area contributed by atoms with E-state index in [-0.39, 0.29) is 0 Å². The van der Waals surface area contributed by atoms with Crippen LogP contribution in [0.15, 0.2) is 0 Å². The highest BCUT2D eigenvalue weighted by molar-refractivity contribution is 4.85. The van der Waals surface area contributed by atoms with Crippen molar-refractivity contribution in [2.75, 3.05) is 20.3 Å². The van der Waals surface area contributed by atoms with Crippen molar-refractivity contribution in [1.82, 2.24) is 5.32 Å². The van der Waals surface area contributed by atoms with Gasteiger partial charge >= 0.3 is 0 Å². The van der Waals surface area contributed by atoms with Crippen LogP contribution < -0.4 is 5.32 Å². The summed E-state index contributed by atoms with van der Waals surface area (Å²) in [6, 6.07) is 0. The number of rotatable bonds is 5. The number of ether oxygens (including phenoxy) is 1. The standard InChI is InChI=1S/C11H23NO/c1-11(7-3-5-9-12-11)8-4-6-10-13-2/h12H,3-10H2,1-2H3. The fraction of sp³-hybridized carbons (Fsp3) is 1.00. The largest absolute Gasteiger partial charge is 0.385 e. The van der Waals surface area contributed by atoms with E-state index < -0.39 is 0 Å². The van der Waals surface area contributed by atoms with Gasteiger partial charge in [0, 0.05) is 19.3 Å². The molecule has 0 amide bonds. The summed E-state index contributed by atoms with van der Waals surface area (Å²) in [4.78, 5) is 0. The third-order valence-corrected chi connectivity index (χ3v) is 3.03. The van der Waals surface area contributed by atoms with Gasteiger partial charge in [0.2, 0.25) is 0 Å². The fourth-order valence-corrected chi connectivity index (χ4v) is 2.09. The molecule has 1 N–H and O–H groups in total. The summed E-state index contributed by atoms with van der Waals surface area (Å²) in [5.41, 5.74) is 0.423. The first kappa shape index (κ1) is 11.0. The van der Waals surface area contributed by atoms with E-state index in [1.165, 1.54) is 45.1 Å². The first-order valence-corrected chi connectivity index (χ1v) is 5.51. The first-order chi connectivity index (χ1) is 6.27. The Bertz CT molecular complexity index is 130. The lowest BCUT2D eigenvalue weighted by atomic mass is 9.86. The second kappa shape index (κ2) is 5.61. The van der Waals surface area contributed by atoms with Gasteiger partial charge in [-0.25, -0.2) is 0 Å². The van der Waals surface area contributed by atoms with Gasteiger partial charge in [-0.1, -0.05) is 6.42 Å². The lowest BCUT2D eigenvalue weighted by molar-refractivity contribution is 0.183. The van der Waals surface area contributed by atoms with Crippen LogP contribution in [0.3, 0.4) is 0 Å². The molecule has 1 atom stereocenters. The molecule has 1 rings (SSSR count). The monoisotopic (exact) mass is 185 g/mol. The van der Waals surface area contributed by atoms with Crippen molar-refractivity contribution >= 4 is 0 Å². The number of unbranched alkanes of at least 4 members (excludes halogenated alkanes) is 1. The van der Waals surface area contributed by atoms with Crippen LogP contribution in [0.4, 0.5) is 0 Å². The minimum Gasteiger partial charge on any atom is -0.385 e. The Balaban J connectivity index is 2.10. The van der Waals surface area contributed by atoms with Gasteiger partial charge in [0.1, 0.15) is 0 Å². The zero-order valence-electron chi connectivity index (χ0n) is 9.07. The van der Waals surface area contributed by atoms with Crippen LogP contribution in [0.2, 0.25) is 0 Å². The second-order valence-corrected chi connectivity index (χ2v) is 4.39. The quantitative estimate of drug-likeness (QED) is 0.664. The number of hydrogen-bond acceptors (Lipinski definition) is 2. The van der Waals surface area contributed by atoms with E-state index in [4.69, 9.17) is 4.74 Å². The highest BCUT2D eigenvalue weighted by Gasteiger charge is 2.24. The molecule has 2 nitrogen and oxygen atoms in total.